The Balaban J connectivity index is 0.00000312. The number of guanidine groups is 1. The molecule has 0 aromatic carbocycles. The van der Waals surface area contributed by atoms with Crippen LogP contribution >= 0.6 is 35.3 Å². The normalized spacial score (nSPS) is 12.6. The summed E-state index contributed by atoms with van der Waals surface area (Å²) in [6.07, 6.45) is 2.29. The number of aliphatic imine (C=N–C) groups is 1. The van der Waals surface area contributed by atoms with E-state index in [-0.39, 0.29) is 24.0 Å². The number of unbranched alkanes of at least 4 members (excludes halogenated alkanes) is 1. The number of rotatable bonds is 8. The van der Waals surface area contributed by atoms with Crippen LogP contribution in [0.2, 0.25) is 0 Å². The third kappa shape index (κ3) is 6.93. The molecule has 2 N–H and O–H groups in total. The van der Waals surface area contributed by atoms with Crippen molar-refractivity contribution in [3.8, 4) is 0 Å². The van der Waals surface area contributed by atoms with E-state index in [1.807, 2.05) is 18.5 Å². The summed E-state index contributed by atoms with van der Waals surface area (Å²) in [5.74, 6) is 3.07. The average molecular weight is 476 g/mol. The molecule has 2 aromatic rings. The van der Waals surface area contributed by atoms with E-state index >= 15 is 0 Å². The molecule has 0 bridgehead atoms. The maximum absolute atomic E-state index is 4.67. The highest BCUT2D eigenvalue weighted by Gasteiger charge is 2.09. The number of aryl methyl sites for hydroxylation is 1. The molecule has 0 fully saturated rings. The molecule has 0 saturated heterocycles. The Morgan fingerprint density at radius 1 is 1.36 bits per heavy atom. The molecular weight excluding hydrogens is 447 g/mol. The predicted octanol–water partition coefficient (Wildman–Crippen LogP) is 3.44. The van der Waals surface area contributed by atoms with Crippen LogP contribution in [0, 0.1) is 6.92 Å². The van der Waals surface area contributed by atoms with Crippen molar-refractivity contribution >= 4 is 41.3 Å². The fourth-order valence-electron chi connectivity index (χ4n) is 2.22. The zero-order chi connectivity index (χ0) is 17.4. The van der Waals surface area contributed by atoms with Crippen LogP contribution < -0.4 is 10.6 Å². The van der Waals surface area contributed by atoms with E-state index in [0.717, 1.165) is 43.5 Å². The van der Waals surface area contributed by atoms with E-state index in [1.165, 1.54) is 4.88 Å². The van der Waals surface area contributed by atoms with Crippen LogP contribution in [0.4, 0.5) is 0 Å². The first-order chi connectivity index (χ1) is 11.6. The Kier molecular flexibility index (Phi) is 10.0. The van der Waals surface area contributed by atoms with Gasteiger partial charge >= 0.3 is 0 Å². The molecule has 25 heavy (non-hydrogen) atoms. The molecule has 0 aliphatic heterocycles. The molecule has 140 valence electrons. The van der Waals surface area contributed by atoms with Crippen molar-refractivity contribution in [2.24, 2.45) is 12.0 Å². The van der Waals surface area contributed by atoms with Crippen molar-refractivity contribution in [1.29, 1.82) is 0 Å². The maximum Gasteiger partial charge on any atom is 0.191 e. The predicted molar refractivity (Wildman–Crippen MR) is 116 cm³/mol. The molecule has 0 saturated carbocycles. The standard InChI is InChI=1S/C17H28N6S.HI/c1-5-6-9-18-17(19-11-13(2)15-8-7-10-24-15)20-12-16-22-21-14(3)23(16)4;/h7-8,10,13H,5-6,9,11-12H2,1-4H3,(H2,18,19,20);1H. The quantitative estimate of drug-likeness (QED) is 0.265. The number of thiophene rings is 1. The third-order valence-electron chi connectivity index (χ3n) is 3.99. The molecule has 0 aliphatic rings. The van der Waals surface area contributed by atoms with Gasteiger partial charge in [-0.05, 0) is 24.8 Å². The Hall–Kier alpha value is -1.16. The van der Waals surface area contributed by atoms with Gasteiger partial charge < -0.3 is 15.2 Å². The first kappa shape index (κ1) is 21.9. The van der Waals surface area contributed by atoms with Crippen LogP contribution in [0.15, 0.2) is 22.5 Å². The highest BCUT2D eigenvalue weighted by molar-refractivity contribution is 14.0. The van der Waals surface area contributed by atoms with Crippen molar-refractivity contribution < 1.29 is 0 Å². The van der Waals surface area contributed by atoms with E-state index in [2.05, 4.69) is 57.2 Å². The minimum atomic E-state index is 0. The van der Waals surface area contributed by atoms with Gasteiger partial charge in [-0.15, -0.1) is 45.5 Å². The van der Waals surface area contributed by atoms with Crippen molar-refractivity contribution in [1.82, 2.24) is 25.4 Å². The first-order valence-electron chi connectivity index (χ1n) is 8.52. The molecule has 6 nitrogen and oxygen atoms in total. The lowest BCUT2D eigenvalue weighted by molar-refractivity contribution is 0.683. The Bertz CT molecular complexity index is 638. The van der Waals surface area contributed by atoms with Gasteiger partial charge in [-0.25, -0.2) is 4.99 Å². The van der Waals surface area contributed by atoms with Crippen LogP contribution in [0.1, 0.15) is 49.1 Å². The topological polar surface area (TPSA) is 67.1 Å². The molecule has 0 spiro atoms. The van der Waals surface area contributed by atoms with Gasteiger partial charge in [0, 0.05) is 30.9 Å². The number of halogens is 1. The molecular formula is C17H29IN6S. The fourth-order valence-corrected chi connectivity index (χ4v) is 3.01. The highest BCUT2D eigenvalue weighted by atomic mass is 127. The summed E-state index contributed by atoms with van der Waals surface area (Å²) < 4.78 is 1.97. The van der Waals surface area contributed by atoms with E-state index in [9.17, 15) is 0 Å². The second-order valence-electron chi connectivity index (χ2n) is 5.96. The lowest BCUT2D eigenvalue weighted by Crippen LogP contribution is -2.39. The minimum absolute atomic E-state index is 0. The zero-order valence-corrected chi connectivity index (χ0v) is 18.6. The van der Waals surface area contributed by atoms with Gasteiger partial charge in [-0.2, -0.15) is 0 Å². The van der Waals surface area contributed by atoms with Crippen LogP contribution in [0.5, 0.6) is 0 Å². The number of nitrogens with zero attached hydrogens (tertiary/aromatic N) is 4. The van der Waals surface area contributed by atoms with Crippen LogP contribution in [-0.4, -0.2) is 33.8 Å². The van der Waals surface area contributed by atoms with Crippen LogP contribution in [0.25, 0.3) is 0 Å². The molecule has 0 aliphatic carbocycles. The number of aromatic nitrogens is 3. The molecule has 0 radical (unpaired) electrons. The monoisotopic (exact) mass is 476 g/mol. The van der Waals surface area contributed by atoms with Gasteiger partial charge in [0.25, 0.3) is 0 Å². The Morgan fingerprint density at radius 3 is 2.76 bits per heavy atom. The SMILES string of the molecule is CCCCNC(=NCc1nnc(C)n1C)NCC(C)c1cccs1.I. The summed E-state index contributed by atoms with van der Waals surface area (Å²) in [5.41, 5.74) is 0. The highest BCUT2D eigenvalue weighted by Crippen LogP contribution is 2.19. The zero-order valence-electron chi connectivity index (χ0n) is 15.5. The molecule has 8 heteroatoms. The van der Waals surface area contributed by atoms with E-state index < -0.39 is 0 Å². The maximum atomic E-state index is 4.67. The summed E-state index contributed by atoms with van der Waals surface area (Å²) in [6.45, 7) is 8.67. The summed E-state index contributed by atoms with van der Waals surface area (Å²) >= 11 is 1.80. The molecule has 1 atom stereocenters. The van der Waals surface area contributed by atoms with E-state index in [4.69, 9.17) is 0 Å². The summed E-state index contributed by atoms with van der Waals surface area (Å²) in [6, 6.07) is 4.28. The number of hydrogen-bond donors (Lipinski definition) is 2. The summed E-state index contributed by atoms with van der Waals surface area (Å²) in [5, 5.41) is 17.2. The number of hydrogen-bond acceptors (Lipinski definition) is 4. The first-order valence-corrected chi connectivity index (χ1v) is 9.40. The molecule has 1 unspecified atom stereocenters. The van der Waals surface area contributed by atoms with Crippen molar-refractivity contribution in [3.05, 3.63) is 34.0 Å². The van der Waals surface area contributed by atoms with Crippen LogP contribution in [0.3, 0.4) is 0 Å². The Morgan fingerprint density at radius 2 is 2.16 bits per heavy atom. The van der Waals surface area contributed by atoms with Gasteiger partial charge in [0.1, 0.15) is 12.4 Å². The van der Waals surface area contributed by atoms with Gasteiger partial charge in [0.05, 0.1) is 0 Å². The van der Waals surface area contributed by atoms with Gasteiger partial charge in [0.2, 0.25) is 0 Å². The second-order valence-corrected chi connectivity index (χ2v) is 6.94. The Labute approximate surface area is 171 Å². The smallest absolute Gasteiger partial charge is 0.191 e. The fraction of sp³-hybridized carbons (Fsp3) is 0.588. The van der Waals surface area contributed by atoms with Gasteiger partial charge in [0.15, 0.2) is 11.8 Å². The molecule has 2 heterocycles. The van der Waals surface area contributed by atoms with Crippen LogP contribution in [-0.2, 0) is 13.6 Å². The summed E-state index contributed by atoms with van der Waals surface area (Å²) in [4.78, 5) is 6.06. The average Bonchev–Trinajstić information content (AvgIpc) is 3.22. The van der Waals surface area contributed by atoms with Crippen molar-refractivity contribution in [2.75, 3.05) is 13.1 Å². The van der Waals surface area contributed by atoms with Crippen molar-refractivity contribution in [2.45, 2.75) is 46.1 Å². The largest absolute Gasteiger partial charge is 0.356 e. The van der Waals surface area contributed by atoms with Crippen molar-refractivity contribution in [3.63, 3.8) is 0 Å². The lowest BCUT2D eigenvalue weighted by atomic mass is 10.1. The summed E-state index contributed by atoms with van der Waals surface area (Å²) in [7, 11) is 1.97. The third-order valence-corrected chi connectivity index (χ3v) is 5.09. The minimum Gasteiger partial charge on any atom is -0.356 e. The van der Waals surface area contributed by atoms with E-state index in [1.54, 1.807) is 11.3 Å². The van der Waals surface area contributed by atoms with Gasteiger partial charge in [-0.3, -0.25) is 0 Å². The number of nitrogens with one attached hydrogen (secondary N) is 2. The second kappa shape index (κ2) is 11.5. The molecule has 0 amide bonds. The van der Waals surface area contributed by atoms with Gasteiger partial charge in [-0.1, -0.05) is 26.3 Å². The van der Waals surface area contributed by atoms with E-state index in [0.29, 0.717) is 12.5 Å². The lowest BCUT2D eigenvalue weighted by Gasteiger charge is -2.15. The molecule has 2 aromatic heterocycles. The molecule has 2 rings (SSSR count).